The number of thiocarbonyl (C=S) groups is 1. The van der Waals surface area contributed by atoms with Crippen LogP contribution < -0.4 is 15.8 Å². The molecule has 0 spiro atoms. The molecular formula is C13H18N2O2S. The molecule has 0 saturated heterocycles. The maximum atomic E-state index is 12.1. The zero-order chi connectivity index (χ0) is 13.7. The number of amides is 1. The molecule has 0 aliphatic heterocycles. The van der Waals surface area contributed by atoms with Crippen LogP contribution in [0.2, 0.25) is 0 Å². The summed E-state index contributed by atoms with van der Waals surface area (Å²) < 4.78 is 5.14. The van der Waals surface area contributed by atoms with Gasteiger partial charge in [-0.1, -0.05) is 38.2 Å². The number of para-hydroxylation sites is 1. The lowest BCUT2D eigenvalue weighted by Gasteiger charge is -2.21. The van der Waals surface area contributed by atoms with Gasteiger partial charge < -0.3 is 15.8 Å². The van der Waals surface area contributed by atoms with Crippen molar-refractivity contribution in [2.24, 2.45) is 11.7 Å². The smallest absolute Gasteiger partial charge is 0.255 e. The minimum atomic E-state index is -0.322. The summed E-state index contributed by atoms with van der Waals surface area (Å²) >= 11 is 4.95. The Labute approximate surface area is 113 Å². The molecule has 1 amide bonds. The highest BCUT2D eigenvalue weighted by molar-refractivity contribution is 7.80. The Kier molecular flexibility index (Phi) is 5.09. The van der Waals surface area contributed by atoms with Crippen LogP contribution in [0.1, 0.15) is 24.2 Å². The second-order valence-electron chi connectivity index (χ2n) is 4.30. The monoisotopic (exact) mass is 266 g/mol. The largest absolute Gasteiger partial charge is 0.496 e. The molecule has 0 aliphatic rings. The lowest BCUT2D eigenvalue weighted by atomic mass is 10.0. The first kappa shape index (κ1) is 14.4. The summed E-state index contributed by atoms with van der Waals surface area (Å²) in [6.07, 6.45) is 0. The van der Waals surface area contributed by atoms with E-state index in [1.54, 1.807) is 18.2 Å². The molecule has 1 unspecified atom stereocenters. The van der Waals surface area contributed by atoms with Crippen LogP contribution in [0, 0.1) is 5.92 Å². The number of ether oxygens (including phenoxy) is 1. The highest BCUT2D eigenvalue weighted by atomic mass is 32.1. The molecule has 98 valence electrons. The van der Waals surface area contributed by atoms with Crippen LogP contribution in [0.4, 0.5) is 0 Å². The second-order valence-corrected chi connectivity index (χ2v) is 4.77. The van der Waals surface area contributed by atoms with Crippen molar-refractivity contribution in [1.29, 1.82) is 0 Å². The third-order valence-corrected chi connectivity index (χ3v) is 2.87. The molecule has 5 heteroatoms. The van der Waals surface area contributed by atoms with Crippen LogP contribution in [-0.4, -0.2) is 24.0 Å². The Hall–Kier alpha value is -1.62. The van der Waals surface area contributed by atoms with Gasteiger partial charge in [-0.15, -0.1) is 0 Å². The molecule has 0 fully saturated rings. The topological polar surface area (TPSA) is 64.3 Å². The number of benzene rings is 1. The summed E-state index contributed by atoms with van der Waals surface area (Å²) in [5, 5.41) is 2.82. The number of carbonyl (C=O) groups excluding carboxylic acids is 1. The lowest BCUT2D eigenvalue weighted by molar-refractivity contribution is 0.0937. The van der Waals surface area contributed by atoms with E-state index in [4.69, 9.17) is 22.7 Å². The first-order chi connectivity index (χ1) is 8.47. The van der Waals surface area contributed by atoms with Crippen LogP contribution in [0.5, 0.6) is 5.75 Å². The number of rotatable bonds is 5. The first-order valence-corrected chi connectivity index (χ1v) is 6.11. The second kappa shape index (κ2) is 6.35. The summed E-state index contributed by atoms with van der Waals surface area (Å²) in [7, 11) is 1.53. The zero-order valence-electron chi connectivity index (χ0n) is 10.8. The fraction of sp³-hybridized carbons (Fsp3) is 0.385. The predicted octanol–water partition coefficient (Wildman–Crippen LogP) is 1.74. The molecule has 1 aromatic carbocycles. The highest BCUT2D eigenvalue weighted by Crippen LogP contribution is 2.17. The summed E-state index contributed by atoms with van der Waals surface area (Å²) in [5.41, 5.74) is 6.09. The van der Waals surface area contributed by atoms with Gasteiger partial charge in [0.05, 0.1) is 23.7 Å². The van der Waals surface area contributed by atoms with Crippen molar-refractivity contribution in [1.82, 2.24) is 5.32 Å². The van der Waals surface area contributed by atoms with Gasteiger partial charge in [-0.2, -0.15) is 0 Å². The van der Waals surface area contributed by atoms with Crippen molar-refractivity contribution in [2.45, 2.75) is 19.9 Å². The van der Waals surface area contributed by atoms with Gasteiger partial charge in [0.25, 0.3) is 5.91 Å². The number of nitrogens with two attached hydrogens (primary N) is 1. The summed E-state index contributed by atoms with van der Waals surface area (Å²) in [4.78, 5) is 12.4. The third kappa shape index (κ3) is 3.43. The number of carbonyl (C=O) groups is 1. The van der Waals surface area contributed by atoms with Crippen molar-refractivity contribution >= 4 is 23.1 Å². The molecule has 1 aromatic rings. The van der Waals surface area contributed by atoms with E-state index >= 15 is 0 Å². The van der Waals surface area contributed by atoms with Crippen LogP contribution in [-0.2, 0) is 0 Å². The molecule has 0 saturated carbocycles. The van der Waals surface area contributed by atoms with E-state index in [9.17, 15) is 4.79 Å². The van der Waals surface area contributed by atoms with Crippen molar-refractivity contribution < 1.29 is 9.53 Å². The van der Waals surface area contributed by atoms with Gasteiger partial charge in [-0.3, -0.25) is 4.79 Å². The third-order valence-electron chi connectivity index (χ3n) is 2.61. The molecule has 3 N–H and O–H groups in total. The molecule has 18 heavy (non-hydrogen) atoms. The molecule has 0 heterocycles. The van der Waals surface area contributed by atoms with E-state index in [0.717, 1.165) is 0 Å². The Morgan fingerprint density at radius 1 is 1.39 bits per heavy atom. The van der Waals surface area contributed by atoms with Gasteiger partial charge in [-0.25, -0.2) is 0 Å². The van der Waals surface area contributed by atoms with E-state index in [1.807, 2.05) is 19.9 Å². The van der Waals surface area contributed by atoms with Gasteiger partial charge in [-0.05, 0) is 18.1 Å². The van der Waals surface area contributed by atoms with E-state index in [1.165, 1.54) is 7.11 Å². The zero-order valence-corrected chi connectivity index (χ0v) is 11.6. The Bertz CT molecular complexity index is 446. The van der Waals surface area contributed by atoms with Gasteiger partial charge in [0, 0.05) is 0 Å². The molecule has 0 radical (unpaired) electrons. The maximum absolute atomic E-state index is 12.1. The number of methoxy groups -OCH3 is 1. The minimum absolute atomic E-state index is 0.140. The average Bonchev–Trinajstić information content (AvgIpc) is 2.34. The Balaban J connectivity index is 2.90. The number of hydrogen-bond acceptors (Lipinski definition) is 3. The van der Waals surface area contributed by atoms with Gasteiger partial charge >= 0.3 is 0 Å². The molecular weight excluding hydrogens is 248 g/mol. The van der Waals surface area contributed by atoms with Crippen LogP contribution in [0.25, 0.3) is 0 Å². The number of nitrogens with one attached hydrogen (secondary N) is 1. The van der Waals surface area contributed by atoms with Gasteiger partial charge in [0.15, 0.2) is 0 Å². The predicted molar refractivity (Wildman–Crippen MR) is 75.9 cm³/mol. The Morgan fingerprint density at radius 3 is 2.50 bits per heavy atom. The summed E-state index contributed by atoms with van der Waals surface area (Å²) in [5.74, 6) is 0.431. The van der Waals surface area contributed by atoms with Crippen molar-refractivity contribution in [3.8, 4) is 5.75 Å². The van der Waals surface area contributed by atoms with Crippen molar-refractivity contribution in [2.75, 3.05) is 7.11 Å². The maximum Gasteiger partial charge on any atom is 0.255 e. The standard InChI is InChI=1S/C13H18N2O2S/c1-8(2)11(12(14)18)15-13(16)9-6-4-5-7-10(9)17-3/h4-8,11H,1-3H3,(H2,14,18)(H,15,16). The van der Waals surface area contributed by atoms with Crippen LogP contribution >= 0.6 is 12.2 Å². The number of hydrogen-bond donors (Lipinski definition) is 2. The fourth-order valence-electron chi connectivity index (χ4n) is 1.62. The van der Waals surface area contributed by atoms with Crippen LogP contribution in [0.15, 0.2) is 24.3 Å². The Morgan fingerprint density at radius 2 is 2.00 bits per heavy atom. The minimum Gasteiger partial charge on any atom is -0.496 e. The summed E-state index contributed by atoms with van der Waals surface area (Å²) in [6, 6.07) is 6.70. The van der Waals surface area contributed by atoms with Crippen molar-refractivity contribution in [3.63, 3.8) is 0 Å². The lowest BCUT2D eigenvalue weighted by Crippen LogP contribution is -2.46. The van der Waals surface area contributed by atoms with E-state index in [0.29, 0.717) is 11.3 Å². The molecule has 1 atom stereocenters. The molecule has 1 rings (SSSR count). The molecule has 4 nitrogen and oxygen atoms in total. The van der Waals surface area contributed by atoms with E-state index < -0.39 is 0 Å². The van der Waals surface area contributed by atoms with E-state index in [-0.39, 0.29) is 22.9 Å². The molecule has 0 aliphatic carbocycles. The fourth-order valence-corrected chi connectivity index (χ4v) is 1.95. The van der Waals surface area contributed by atoms with Gasteiger partial charge in [0.1, 0.15) is 5.75 Å². The summed E-state index contributed by atoms with van der Waals surface area (Å²) in [6.45, 7) is 3.90. The first-order valence-electron chi connectivity index (χ1n) is 5.70. The van der Waals surface area contributed by atoms with Crippen molar-refractivity contribution in [3.05, 3.63) is 29.8 Å². The quantitative estimate of drug-likeness (QED) is 0.797. The molecule has 0 aromatic heterocycles. The highest BCUT2D eigenvalue weighted by Gasteiger charge is 2.21. The average molecular weight is 266 g/mol. The SMILES string of the molecule is COc1ccccc1C(=O)NC(C(N)=S)C(C)C. The van der Waals surface area contributed by atoms with E-state index in [2.05, 4.69) is 5.32 Å². The molecule has 0 bridgehead atoms. The normalized spacial score (nSPS) is 12.0. The van der Waals surface area contributed by atoms with Crippen LogP contribution in [0.3, 0.4) is 0 Å². The van der Waals surface area contributed by atoms with Gasteiger partial charge in [0.2, 0.25) is 0 Å².